The number of hydrogen-bond acceptors (Lipinski definition) is 5. The number of aliphatic hydroxyl groups is 1. The van der Waals surface area contributed by atoms with Crippen LogP contribution in [0.25, 0.3) is 12.2 Å². The van der Waals surface area contributed by atoms with E-state index < -0.39 is 0 Å². The summed E-state index contributed by atoms with van der Waals surface area (Å²) in [7, 11) is 0. The summed E-state index contributed by atoms with van der Waals surface area (Å²) in [6.07, 6.45) is 5.48. The predicted molar refractivity (Wildman–Crippen MR) is 133 cm³/mol. The Bertz CT molecular complexity index is 1140. The molecule has 7 nitrogen and oxygen atoms in total. The molecule has 1 aliphatic rings. The molecule has 34 heavy (non-hydrogen) atoms. The van der Waals surface area contributed by atoms with Crippen LogP contribution < -0.4 is 5.32 Å². The third kappa shape index (κ3) is 5.95. The molecular weight excluding hydrogens is 428 g/mol. The minimum atomic E-state index is -0.256. The van der Waals surface area contributed by atoms with Gasteiger partial charge in [0.2, 0.25) is 0 Å². The van der Waals surface area contributed by atoms with E-state index in [9.17, 15) is 9.59 Å². The minimum absolute atomic E-state index is 0.0245. The Kier molecular flexibility index (Phi) is 7.80. The Morgan fingerprint density at radius 2 is 1.65 bits per heavy atom. The van der Waals surface area contributed by atoms with Gasteiger partial charge < -0.3 is 15.3 Å². The lowest BCUT2D eigenvalue weighted by Gasteiger charge is -2.34. The van der Waals surface area contributed by atoms with E-state index in [-0.39, 0.29) is 18.4 Å². The van der Waals surface area contributed by atoms with Crippen molar-refractivity contribution >= 4 is 29.7 Å². The average molecular weight is 457 g/mol. The molecule has 1 aliphatic heterocycles. The monoisotopic (exact) mass is 456 g/mol. The number of carbonyl (C=O) groups is 2. The Morgan fingerprint density at radius 3 is 2.35 bits per heavy atom. The lowest BCUT2D eigenvalue weighted by atomic mass is 10.0. The van der Waals surface area contributed by atoms with Gasteiger partial charge in [0.15, 0.2) is 0 Å². The van der Waals surface area contributed by atoms with Crippen LogP contribution in [0.5, 0.6) is 0 Å². The van der Waals surface area contributed by atoms with Gasteiger partial charge in [0.25, 0.3) is 11.8 Å². The van der Waals surface area contributed by atoms with E-state index in [0.717, 1.165) is 24.2 Å². The Balaban J connectivity index is 1.40. The molecule has 0 bridgehead atoms. The van der Waals surface area contributed by atoms with Crippen LogP contribution in [0.15, 0.2) is 72.9 Å². The molecule has 2 amide bonds. The quantitative estimate of drug-likeness (QED) is 0.533. The minimum Gasteiger partial charge on any atom is -0.395 e. The fraction of sp³-hybridized carbons (Fsp3) is 0.222. The first kappa shape index (κ1) is 23.4. The third-order valence-corrected chi connectivity index (χ3v) is 5.79. The van der Waals surface area contributed by atoms with Crippen molar-refractivity contribution in [1.82, 2.24) is 14.8 Å². The number of amides is 2. The van der Waals surface area contributed by atoms with E-state index in [0.29, 0.717) is 36.6 Å². The average Bonchev–Trinajstić information content (AvgIpc) is 2.89. The number of anilines is 1. The molecule has 1 aromatic heterocycles. The van der Waals surface area contributed by atoms with Crippen LogP contribution in [0.1, 0.15) is 32.0 Å². The van der Waals surface area contributed by atoms with Crippen LogP contribution in [0.3, 0.4) is 0 Å². The van der Waals surface area contributed by atoms with E-state index in [1.165, 1.54) is 0 Å². The molecule has 0 atom stereocenters. The van der Waals surface area contributed by atoms with Crippen molar-refractivity contribution in [3.05, 3.63) is 95.3 Å². The number of hydrogen-bond donors (Lipinski definition) is 2. The van der Waals surface area contributed by atoms with Gasteiger partial charge in [-0.15, -0.1) is 0 Å². The number of nitrogens with zero attached hydrogens (tertiary/aromatic N) is 3. The van der Waals surface area contributed by atoms with Crippen molar-refractivity contribution < 1.29 is 14.7 Å². The van der Waals surface area contributed by atoms with Crippen LogP contribution >= 0.6 is 0 Å². The smallest absolute Gasteiger partial charge is 0.274 e. The van der Waals surface area contributed by atoms with Gasteiger partial charge in [-0.3, -0.25) is 19.5 Å². The van der Waals surface area contributed by atoms with E-state index >= 15 is 0 Å². The van der Waals surface area contributed by atoms with Gasteiger partial charge in [-0.2, -0.15) is 0 Å². The zero-order valence-electron chi connectivity index (χ0n) is 18.9. The lowest BCUT2D eigenvalue weighted by molar-refractivity contribution is 0.0614. The van der Waals surface area contributed by atoms with Crippen molar-refractivity contribution in [1.29, 1.82) is 0 Å². The van der Waals surface area contributed by atoms with Gasteiger partial charge >= 0.3 is 0 Å². The van der Waals surface area contributed by atoms with E-state index in [1.807, 2.05) is 65.6 Å². The Morgan fingerprint density at radius 1 is 0.912 bits per heavy atom. The Hall–Kier alpha value is -3.81. The van der Waals surface area contributed by atoms with Crippen molar-refractivity contribution in [3.8, 4) is 0 Å². The highest BCUT2D eigenvalue weighted by Gasteiger charge is 2.22. The molecule has 0 unspecified atom stereocenters. The van der Waals surface area contributed by atoms with E-state index in [4.69, 9.17) is 5.11 Å². The fourth-order valence-corrected chi connectivity index (χ4v) is 3.88. The van der Waals surface area contributed by atoms with E-state index in [2.05, 4.69) is 15.2 Å². The molecule has 7 heteroatoms. The van der Waals surface area contributed by atoms with Crippen LogP contribution in [-0.2, 0) is 0 Å². The molecule has 0 aliphatic carbocycles. The molecule has 2 N–H and O–H groups in total. The molecule has 3 aromatic rings. The fourth-order valence-electron chi connectivity index (χ4n) is 3.88. The lowest BCUT2D eigenvalue weighted by Crippen LogP contribution is -2.49. The molecule has 4 rings (SSSR count). The second kappa shape index (κ2) is 11.4. The van der Waals surface area contributed by atoms with Gasteiger partial charge in [-0.05, 0) is 41.5 Å². The third-order valence-electron chi connectivity index (χ3n) is 5.79. The first-order valence-corrected chi connectivity index (χ1v) is 11.4. The summed E-state index contributed by atoms with van der Waals surface area (Å²) in [5.41, 5.74) is 3.54. The number of rotatable bonds is 7. The van der Waals surface area contributed by atoms with Crippen LogP contribution in [0, 0.1) is 0 Å². The summed E-state index contributed by atoms with van der Waals surface area (Å²) in [6.45, 7) is 3.64. The maximum atomic E-state index is 13.1. The molecule has 0 radical (unpaired) electrons. The first-order valence-electron chi connectivity index (χ1n) is 11.4. The zero-order chi connectivity index (χ0) is 23.8. The summed E-state index contributed by atoms with van der Waals surface area (Å²) >= 11 is 0. The highest BCUT2D eigenvalue weighted by Crippen LogP contribution is 2.18. The maximum absolute atomic E-state index is 13.1. The van der Waals surface area contributed by atoms with E-state index in [1.54, 1.807) is 24.4 Å². The summed E-state index contributed by atoms with van der Waals surface area (Å²) in [6, 6.07) is 20.3. The van der Waals surface area contributed by atoms with Gasteiger partial charge in [-0.1, -0.05) is 48.6 Å². The highest BCUT2D eigenvalue weighted by molar-refractivity contribution is 6.03. The van der Waals surface area contributed by atoms with Gasteiger partial charge in [-0.25, -0.2) is 0 Å². The van der Waals surface area contributed by atoms with Crippen molar-refractivity contribution in [3.63, 3.8) is 0 Å². The Labute approximate surface area is 199 Å². The number of aliphatic hydroxyl groups excluding tert-OH is 1. The summed E-state index contributed by atoms with van der Waals surface area (Å²) < 4.78 is 0. The molecular formula is C27H28N4O3. The summed E-state index contributed by atoms with van der Waals surface area (Å²) in [5, 5.41) is 11.9. The van der Waals surface area contributed by atoms with Gasteiger partial charge in [0.05, 0.1) is 6.61 Å². The number of aromatic nitrogens is 1. The molecule has 0 saturated carbocycles. The molecule has 1 saturated heterocycles. The number of benzene rings is 2. The molecule has 174 valence electrons. The highest BCUT2D eigenvalue weighted by atomic mass is 16.3. The number of nitrogens with one attached hydrogen (secondary N) is 1. The van der Waals surface area contributed by atoms with Crippen LogP contribution in [0.2, 0.25) is 0 Å². The molecule has 2 aromatic carbocycles. The standard InChI is InChI=1S/C27H28N4O3/c32-20-19-30-15-17-31(18-16-30)27(34)24-6-2-1-5-22(24)11-8-21-9-12-23(13-10-21)29-26(33)25-7-3-4-14-28-25/h1-14,32H,15-20H2,(H,29,33)/b11-8+. The summed E-state index contributed by atoms with van der Waals surface area (Å²) in [5.74, 6) is -0.231. The predicted octanol–water partition coefficient (Wildman–Crippen LogP) is 3.25. The topological polar surface area (TPSA) is 85.8 Å². The largest absolute Gasteiger partial charge is 0.395 e. The van der Waals surface area contributed by atoms with Gasteiger partial charge in [0, 0.05) is 50.2 Å². The van der Waals surface area contributed by atoms with Crippen LogP contribution in [-0.4, -0.2) is 71.0 Å². The maximum Gasteiger partial charge on any atom is 0.274 e. The van der Waals surface area contributed by atoms with Crippen molar-refractivity contribution in [2.45, 2.75) is 0 Å². The molecule has 0 spiro atoms. The van der Waals surface area contributed by atoms with Crippen LogP contribution in [0.4, 0.5) is 5.69 Å². The second-order valence-electron chi connectivity index (χ2n) is 8.07. The second-order valence-corrected chi connectivity index (χ2v) is 8.07. The number of pyridine rings is 1. The number of piperazine rings is 1. The van der Waals surface area contributed by atoms with Crippen molar-refractivity contribution in [2.75, 3.05) is 44.6 Å². The normalized spacial score (nSPS) is 14.3. The number of carbonyl (C=O) groups excluding carboxylic acids is 2. The SMILES string of the molecule is O=C(Nc1ccc(/C=C/c2ccccc2C(=O)N2CCN(CCO)CC2)cc1)c1ccccn1. The number of β-amino-alcohol motifs (C(OH)–C–C–N with tert-alkyl or cyclic N) is 1. The molecule has 1 fully saturated rings. The molecule has 2 heterocycles. The first-order chi connectivity index (χ1) is 16.6. The summed E-state index contributed by atoms with van der Waals surface area (Å²) in [4.78, 5) is 33.5. The van der Waals surface area contributed by atoms with Crippen molar-refractivity contribution in [2.24, 2.45) is 0 Å². The zero-order valence-corrected chi connectivity index (χ0v) is 18.9. The van der Waals surface area contributed by atoms with Gasteiger partial charge in [0.1, 0.15) is 5.69 Å².